The molecule has 0 saturated carbocycles. The maximum absolute atomic E-state index is 9.85. The van der Waals surface area contributed by atoms with Crippen LogP contribution in [0.3, 0.4) is 0 Å². The van der Waals surface area contributed by atoms with Gasteiger partial charge in [0.1, 0.15) is 11.5 Å². The molecule has 144 heavy (non-hydrogen) atoms. The van der Waals surface area contributed by atoms with Gasteiger partial charge in [-0.2, -0.15) is 5.26 Å². The van der Waals surface area contributed by atoms with Crippen molar-refractivity contribution < 1.29 is 0 Å². The third kappa shape index (κ3) is 11.8. The fourth-order valence-electron chi connectivity index (χ4n) is 23.8. The van der Waals surface area contributed by atoms with E-state index in [1.165, 1.54) is 179 Å². The summed E-state index contributed by atoms with van der Waals surface area (Å²) in [7, 11) is 0. The van der Waals surface area contributed by atoms with Crippen molar-refractivity contribution in [3.8, 4) is 46.2 Å². The topological polar surface area (TPSA) is 142 Å². The molecule has 33 aromatic rings. The molecular formula is C130H92N14. The van der Waals surface area contributed by atoms with Crippen LogP contribution < -0.4 is 0 Å². The second-order valence-electron chi connectivity index (χ2n) is 36.4. The first kappa shape index (κ1) is 86.5. The number of fused-ring (bicyclic) bond motifs is 41. The summed E-state index contributed by atoms with van der Waals surface area (Å²) in [5.41, 5.74) is 26.2. The van der Waals surface area contributed by atoms with Crippen LogP contribution in [0.5, 0.6) is 0 Å². The van der Waals surface area contributed by atoms with Crippen LogP contribution in [0.4, 0.5) is 0 Å². The van der Waals surface area contributed by atoms with Crippen LogP contribution >= 0.6 is 0 Å². The largest absolute Gasteiger partial charge is 0.308 e. The summed E-state index contributed by atoms with van der Waals surface area (Å²) in [4.78, 5) is 35.9. The predicted molar refractivity (Wildman–Crippen MR) is 609 cm³/mol. The molecule has 0 radical (unpaired) electrons. The number of para-hydroxylation sites is 9. The van der Waals surface area contributed by atoms with Gasteiger partial charge in [-0.1, -0.05) is 324 Å². The van der Waals surface area contributed by atoms with Crippen molar-refractivity contribution in [1.82, 2.24) is 61.8 Å². The maximum atomic E-state index is 9.85. The van der Waals surface area contributed by atoms with Gasteiger partial charge >= 0.3 is 0 Å². The fourth-order valence-corrected chi connectivity index (χ4v) is 23.8. The standard InChI is InChI=1S/C43H23N5.C41H23N5.C40H22N4.6CH4/c44-24-25-10-9-12-27(22-25)40-43(46-34-17-6-5-16-33(34)45-40)48-37-23-32-29-14-3-7-18-35(29)47-36-19-8-4-15-30(36)39(42(32)47)38(37)31-21-20-26-11-1-2-13-28(26)41(31)48;1-2-12-26-24(10-1)19-20-30-36-35(22-31-27-13-4-7-17-33(27)45-34-18-8-5-15-29(34)37(36)40(31)45)46(39(26)30)41-43-32-16-6-3-14-28(32)38(44-41)25-11-9-21-42-23-25;1-2-10-26-23(8-1)17-19-29-35-33(44(39(26)29)34-20-18-25-16-15-24-9-7-21-41-37(24)38(25)42-34)22-30-27-11-3-5-13-31(27)43-32-14-6-4-12-28(32)36(35)40(30)43;;;;;;/h1-23H;1-23H;1-22H;6*1H4. The molecule has 14 aromatic heterocycles. The summed E-state index contributed by atoms with van der Waals surface area (Å²) < 4.78 is 14.4. The summed E-state index contributed by atoms with van der Waals surface area (Å²) in [5, 5.41) is 42.4. The van der Waals surface area contributed by atoms with Gasteiger partial charge in [0.2, 0.25) is 5.95 Å². The van der Waals surface area contributed by atoms with Crippen LogP contribution in [-0.2, 0) is 0 Å². The van der Waals surface area contributed by atoms with E-state index in [1.807, 2.05) is 85.2 Å². The normalized spacial score (nSPS) is 11.8. The van der Waals surface area contributed by atoms with Crippen LogP contribution in [0.15, 0.2) is 413 Å². The Morgan fingerprint density at radius 2 is 0.604 bits per heavy atom. The Morgan fingerprint density at radius 3 is 1.10 bits per heavy atom. The minimum Gasteiger partial charge on any atom is -0.308 e. The molecule has 0 saturated heterocycles. The SMILES string of the molecule is C.C.C.C.C.C.N#Cc1cccc(-c2nc3ccccc3nc2-n2c3cc4c5ccccc5n5c6ccccc6c(c3c3ccc6ccccc6c32)c45)c1.c1ccc2c(c1)ccc1c3c4c5ccccc5n5c6ccccc6c(cc3n(-c3ccc6ccc7cccnc7c6n3)c21)c45.c1cncc(-c2nc(-n3c4cc5c6ccccc6n6c7ccccc7c(c4c4ccc7ccccc7c43)c56)nc3ccccc23)c1. The van der Waals surface area contributed by atoms with E-state index in [0.717, 1.165) is 111 Å². The van der Waals surface area contributed by atoms with E-state index >= 15 is 0 Å². The molecule has 0 unspecified atom stereocenters. The van der Waals surface area contributed by atoms with Gasteiger partial charge in [-0.25, -0.2) is 24.9 Å². The van der Waals surface area contributed by atoms with Gasteiger partial charge in [-0.3, -0.25) is 23.7 Å². The van der Waals surface area contributed by atoms with Crippen molar-refractivity contribution in [2.75, 3.05) is 0 Å². The van der Waals surface area contributed by atoms with Gasteiger partial charge < -0.3 is 13.2 Å². The second-order valence-corrected chi connectivity index (χ2v) is 36.4. The van der Waals surface area contributed by atoms with E-state index in [0.29, 0.717) is 11.5 Å². The number of hydrogen-bond donors (Lipinski definition) is 0. The van der Waals surface area contributed by atoms with Gasteiger partial charge in [-0.05, 0) is 131 Å². The van der Waals surface area contributed by atoms with Crippen molar-refractivity contribution in [2.24, 2.45) is 0 Å². The molecule has 0 bridgehead atoms. The number of aromatic nitrogens is 13. The molecule has 0 spiro atoms. The number of nitrogens with zero attached hydrogens (tertiary/aromatic N) is 14. The van der Waals surface area contributed by atoms with Crippen molar-refractivity contribution in [3.05, 3.63) is 418 Å². The molecule has 14 heterocycles. The molecule has 0 atom stereocenters. The molecule has 0 fully saturated rings. The first-order chi connectivity index (χ1) is 68.5. The van der Waals surface area contributed by atoms with Gasteiger partial charge in [0.25, 0.3) is 0 Å². The van der Waals surface area contributed by atoms with Gasteiger partial charge in [0.15, 0.2) is 5.82 Å². The Kier molecular flexibility index (Phi) is 19.5. The lowest BCUT2D eigenvalue weighted by molar-refractivity contribution is 1.02. The molecule has 682 valence electrons. The average molecular weight is 1850 g/mol. The molecule has 0 N–H and O–H groups in total. The van der Waals surface area contributed by atoms with E-state index in [9.17, 15) is 5.26 Å². The molecule has 0 aliphatic heterocycles. The Bertz CT molecular complexity index is 11200. The lowest BCUT2D eigenvalue weighted by atomic mass is 10.0. The summed E-state index contributed by atoms with van der Waals surface area (Å²) in [6, 6.07) is 142. The monoisotopic (exact) mass is 1850 g/mol. The van der Waals surface area contributed by atoms with E-state index in [2.05, 4.69) is 359 Å². The molecule has 0 aliphatic carbocycles. The molecule has 0 aliphatic rings. The Hall–Kier alpha value is -19.1. The highest BCUT2D eigenvalue weighted by molar-refractivity contribution is 6.41. The second kappa shape index (κ2) is 32.5. The van der Waals surface area contributed by atoms with Gasteiger partial charge in [-0.15, -0.1) is 0 Å². The Balaban J connectivity index is 0.000000111. The number of rotatable bonds is 5. The number of pyridine rings is 3. The summed E-state index contributed by atoms with van der Waals surface area (Å²) >= 11 is 0. The summed E-state index contributed by atoms with van der Waals surface area (Å²) in [6.45, 7) is 0. The quantitative estimate of drug-likeness (QED) is 0.155. The van der Waals surface area contributed by atoms with Crippen LogP contribution in [0, 0.1) is 11.3 Å². The molecule has 33 rings (SSSR count). The van der Waals surface area contributed by atoms with E-state index in [1.54, 1.807) is 6.20 Å². The van der Waals surface area contributed by atoms with Crippen LogP contribution in [-0.4, -0.2) is 61.8 Å². The van der Waals surface area contributed by atoms with Crippen LogP contribution in [0.1, 0.15) is 50.1 Å². The first-order valence-corrected chi connectivity index (χ1v) is 46.6. The van der Waals surface area contributed by atoms with Crippen molar-refractivity contribution in [3.63, 3.8) is 0 Å². The maximum Gasteiger partial charge on any atom is 0.235 e. The average Bonchev–Trinajstić information content (AvgIpc) is 1.51. The first-order valence-electron chi connectivity index (χ1n) is 46.6. The summed E-state index contributed by atoms with van der Waals surface area (Å²) in [5.74, 6) is 2.28. The molecule has 0 amide bonds. The lowest BCUT2D eigenvalue weighted by Gasteiger charge is -2.15. The smallest absolute Gasteiger partial charge is 0.235 e. The number of nitriles is 1. The third-order valence-corrected chi connectivity index (χ3v) is 29.4. The molecule has 14 heteroatoms. The number of benzene rings is 19. The van der Waals surface area contributed by atoms with E-state index < -0.39 is 0 Å². The lowest BCUT2D eigenvalue weighted by Crippen LogP contribution is -2.04. The van der Waals surface area contributed by atoms with Crippen molar-refractivity contribution >= 4 is 256 Å². The predicted octanol–water partition coefficient (Wildman–Crippen LogP) is 34.7. The minimum absolute atomic E-state index is 0. The third-order valence-electron chi connectivity index (χ3n) is 29.4. The van der Waals surface area contributed by atoms with Gasteiger partial charge in [0, 0.05) is 159 Å². The van der Waals surface area contributed by atoms with Crippen molar-refractivity contribution in [1.29, 1.82) is 5.26 Å². The Labute approximate surface area is 826 Å². The molecule has 14 nitrogen and oxygen atoms in total. The van der Waals surface area contributed by atoms with Crippen molar-refractivity contribution in [2.45, 2.75) is 44.6 Å². The fraction of sp³-hybridized carbons (Fsp3) is 0.0462. The van der Waals surface area contributed by atoms with Gasteiger partial charge in [0.05, 0.1) is 128 Å². The van der Waals surface area contributed by atoms with E-state index in [-0.39, 0.29) is 44.6 Å². The minimum atomic E-state index is 0. The van der Waals surface area contributed by atoms with E-state index in [4.69, 9.17) is 29.9 Å². The van der Waals surface area contributed by atoms with Crippen LogP contribution in [0.25, 0.3) is 296 Å². The molecular weight excluding hydrogens is 1760 g/mol. The highest BCUT2D eigenvalue weighted by Crippen LogP contribution is 2.54. The zero-order valence-corrected chi connectivity index (χ0v) is 73.5. The zero-order chi connectivity index (χ0) is 90.0. The highest BCUT2D eigenvalue weighted by atomic mass is 15.2. The highest BCUT2D eigenvalue weighted by Gasteiger charge is 2.32. The van der Waals surface area contributed by atoms with Crippen LogP contribution in [0.2, 0.25) is 0 Å². The number of hydrogen-bond acceptors (Lipinski definition) is 8. The zero-order valence-electron chi connectivity index (χ0n) is 73.5. The Morgan fingerprint density at radius 1 is 0.222 bits per heavy atom. The summed E-state index contributed by atoms with van der Waals surface area (Å²) in [6.07, 6.45) is 5.54. The molecule has 19 aromatic carbocycles.